The first-order valence-corrected chi connectivity index (χ1v) is 6.41. The van der Waals surface area contributed by atoms with E-state index in [1.807, 2.05) is 25.3 Å². The molecule has 3 heteroatoms. The minimum Gasteiger partial charge on any atom is -0.343 e. The van der Waals surface area contributed by atoms with Crippen LogP contribution in [0.25, 0.3) is 10.9 Å². The van der Waals surface area contributed by atoms with Gasteiger partial charge in [0.1, 0.15) is 5.52 Å². The second-order valence-electron chi connectivity index (χ2n) is 4.66. The van der Waals surface area contributed by atoms with Crippen molar-refractivity contribution >= 4 is 10.9 Å². The fourth-order valence-corrected chi connectivity index (χ4v) is 2.27. The Kier molecular flexibility index (Phi) is 3.67. The molecular weight excluding hydrogens is 212 g/mol. The standard InChI is InChI=1S/C14H20N2O/c1-3-4-5-6-8-16-9-7-12-10-11(2)15-14(17)13(12)16/h7,9-10H,3-6,8H2,1-2H3,(H,15,17). The van der Waals surface area contributed by atoms with Gasteiger partial charge in [-0.25, -0.2) is 0 Å². The molecule has 0 fully saturated rings. The van der Waals surface area contributed by atoms with Crippen LogP contribution >= 0.6 is 0 Å². The lowest BCUT2D eigenvalue weighted by molar-refractivity contribution is 0.593. The Bertz CT molecular complexity index is 551. The maximum absolute atomic E-state index is 11.9. The number of rotatable bonds is 5. The summed E-state index contributed by atoms with van der Waals surface area (Å²) in [6.45, 7) is 5.06. The number of aryl methyl sites for hydroxylation is 2. The van der Waals surface area contributed by atoms with Gasteiger partial charge in [-0.2, -0.15) is 0 Å². The molecular formula is C14H20N2O. The molecule has 2 aromatic heterocycles. The topological polar surface area (TPSA) is 37.8 Å². The van der Waals surface area contributed by atoms with E-state index in [1.165, 1.54) is 19.3 Å². The highest BCUT2D eigenvalue weighted by Crippen LogP contribution is 2.13. The number of aromatic amines is 1. The first kappa shape index (κ1) is 12.0. The Labute approximate surface area is 101 Å². The molecule has 3 nitrogen and oxygen atoms in total. The van der Waals surface area contributed by atoms with Crippen molar-refractivity contribution in [1.82, 2.24) is 9.55 Å². The van der Waals surface area contributed by atoms with Gasteiger partial charge in [0.15, 0.2) is 0 Å². The van der Waals surface area contributed by atoms with Crippen molar-refractivity contribution in [1.29, 1.82) is 0 Å². The number of hydrogen-bond acceptors (Lipinski definition) is 1. The summed E-state index contributed by atoms with van der Waals surface area (Å²) in [6.07, 6.45) is 6.91. The zero-order valence-corrected chi connectivity index (χ0v) is 10.6. The van der Waals surface area contributed by atoms with Crippen molar-refractivity contribution in [2.75, 3.05) is 0 Å². The number of pyridine rings is 1. The van der Waals surface area contributed by atoms with E-state index in [0.29, 0.717) is 0 Å². The van der Waals surface area contributed by atoms with Gasteiger partial charge in [0, 0.05) is 23.8 Å². The minimum absolute atomic E-state index is 0.0282. The summed E-state index contributed by atoms with van der Waals surface area (Å²) in [4.78, 5) is 14.8. The highest BCUT2D eigenvalue weighted by molar-refractivity contribution is 5.79. The minimum atomic E-state index is 0.0282. The number of unbranched alkanes of at least 4 members (excludes halogenated alkanes) is 3. The quantitative estimate of drug-likeness (QED) is 0.790. The predicted molar refractivity (Wildman–Crippen MR) is 71.4 cm³/mol. The van der Waals surface area contributed by atoms with Gasteiger partial charge in [-0.15, -0.1) is 0 Å². The molecule has 0 saturated heterocycles. The van der Waals surface area contributed by atoms with Crippen molar-refractivity contribution < 1.29 is 0 Å². The maximum atomic E-state index is 11.9. The molecule has 0 unspecified atom stereocenters. The van der Waals surface area contributed by atoms with Crippen molar-refractivity contribution in [2.24, 2.45) is 0 Å². The first-order valence-electron chi connectivity index (χ1n) is 6.41. The van der Waals surface area contributed by atoms with E-state index in [9.17, 15) is 4.79 Å². The highest BCUT2D eigenvalue weighted by atomic mass is 16.1. The highest BCUT2D eigenvalue weighted by Gasteiger charge is 2.05. The molecule has 17 heavy (non-hydrogen) atoms. The summed E-state index contributed by atoms with van der Waals surface area (Å²) in [5.41, 5.74) is 1.76. The molecule has 0 saturated carbocycles. The SMILES string of the molecule is CCCCCCn1ccc2cc(C)[nH]c(=O)c21. The number of hydrogen-bond donors (Lipinski definition) is 1. The largest absolute Gasteiger partial charge is 0.343 e. The van der Waals surface area contributed by atoms with Crippen molar-refractivity contribution in [3.8, 4) is 0 Å². The predicted octanol–water partition coefficient (Wildman–Crippen LogP) is 3.22. The summed E-state index contributed by atoms with van der Waals surface area (Å²) in [5.74, 6) is 0. The van der Waals surface area contributed by atoms with Crippen LogP contribution in [0, 0.1) is 6.92 Å². The summed E-state index contributed by atoms with van der Waals surface area (Å²) in [7, 11) is 0. The zero-order chi connectivity index (χ0) is 12.3. The lowest BCUT2D eigenvalue weighted by Gasteiger charge is -2.04. The van der Waals surface area contributed by atoms with Gasteiger partial charge in [0.2, 0.25) is 0 Å². The molecule has 0 atom stereocenters. The fraction of sp³-hybridized carbons (Fsp3) is 0.500. The Morgan fingerprint density at radius 1 is 1.29 bits per heavy atom. The number of aromatic nitrogens is 2. The van der Waals surface area contributed by atoms with Crippen molar-refractivity contribution in [2.45, 2.75) is 46.1 Å². The zero-order valence-electron chi connectivity index (χ0n) is 10.6. The van der Waals surface area contributed by atoms with E-state index in [2.05, 4.69) is 16.5 Å². The summed E-state index contributed by atoms with van der Waals surface area (Å²) in [5, 5.41) is 1.04. The number of nitrogens with one attached hydrogen (secondary N) is 1. The average molecular weight is 232 g/mol. The Balaban J connectivity index is 2.21. The fourth-order valence-electron chi connectivity index (χ4n) is 2.27. The van der Waals surface area contributed by atoms with Gasteiger partial charge in [0.25, 0.3) is 5.56 Å². The third kappa shape index (κ3) is 2.60. The van der Waals surface area contributed by atoms with Crippen LogP contribution in [0.5, 0.6) is 0 Å². The van der Waals surface area contributed by atoms with E-state index in [-0.39, 0.29) is 5.56 Å². The lowest BCUT2D eigenvalue weighted by Crippen LogP contribution is -2.11. The molecule has 0 aliphatic carbocycles. The van der Waals surface area contributed by atoms with Crippen LogP contribution in [0.4, 0.5) is 0 Å². The molecule has 2 rings (SSSR count). The molecule has 2 aromatic rings. The van der Waals surface area contributed by atoms with E-state index in [0.717, 1.165) is 29.6 Å². The molecule has 0 aliphatic heterocycles. The van der Waals surface area contributed by atoms with Crippen LogP contribution in [0.2, 0.25) is 0 Å². The van der Waals surface area contributed by atoms with Crippen LogP contribution in [-0.4, -0.2) is 9.55 Å². The third-order valence-electron chi connectivity index (χ3n) is 3.15. The van der Waals surface area contributed by atoms with Crippen molar-refractivity contribution in [3.63, 3.8) is 0 Å². The molecule has 1 N–H and O–H groups in total. The average Bonchev–Trinajstić information content (AvgIpc) is 2.68. The Morgan fingerprint density at radius 2 is 2.12 bits per heavy atom. The van der Waals surface area contributed by atoms with Gasteiger partial charge in [-0.3, -0.25) is 4.79 Å². The molecule has 0 amide bonds. The first-order chi connectivity index (χ1) is 8.22. The van der Waals surface area contributed by atoms with Crippen LogP contribution in [0.15, 0.2) is 23.1 Å². The van der Waals surface area contributed by atoms with Crippen LogP contribution in [0.3, 0.4) is 0 Å². The van der Waals surface area contributed by atoms with Crippen LogP contribution < -0.4 is 5.56 Å². The Morgan fingerprint density at radius 3 is 2.88 bits per heavy atom. The van der Waals surface area contributed by atoms with Crippen LogP contribution in [0.1, 0.15) is 38.3 Å². The van der Waals surface area contributed by atoms with Gasteiger partial charge >= 0.3 is 0 Å². The van der Waals surface area contributed by atoms with Gasteiger partial charge in [-0.1, -0.05) is 26.2 Å². The summed E-state index contributed by atoms with van der Waals surface area (Å²) < 4.78 is 2.07. The molecule has 0 aliphatic rings. The van der Waals surface area contributed by atoms with Crippen molar-refractivity contribution in [3.05, 3.63) is 34.4 Å². The van der Waals surface area contributed by atoms with Crippen LogP contribution in [-0.2, 0) is 6.54 Å². The summed E-state index contributed by atoms with van der Waals surface area (Å²) in [6, 6.07) is 4.05. The monoisotopic (exact) mass is 232 g/mol. The van der Waals surface area contributed by atoms with E-state index in [4.69, 9.17) is 0 Å². The number of nitrogens with zero attached hydrogens (tertiary/aromatic N) is 1. The lowest BCUT2D eigenvalue weighted by atomic mass is 10.2. The second-order valence-corrected chi connectivity index (χ2v) is 4.66. The van der Waals surface area contributed by atoms with E-state index >= 15 is 0 Å². The molecule has 0 bridgehead atoms. The van der Waals surface area contributed by atoms with Gasteiger partial charge in [0.05, 0.1) is 0 Å². The molecule has 0 spiro atoms. The third-order valence-corrected chi connectivity index (χ3v) is 3.15. The molecule has 0 aromatic carbocycles. The molecule has 92 valence electrons. The van der Waals surface area contributed by atoms with E-state index < -0.39 is 0 Å². The maximum Gasteiger partial charge on any atom is 0.272 e. The number of H-pyrrole nitrogens is 1. The van der Waals surface area contributed by atoms with Gasteiger partial charge in [-0.05, 0) is 25.5 Å². The normalized spacial score (nSPS) is 11.2. The second kappa shape index (κ2) is 5.21. The molecule has 0 radical (unpaired) electrons. The Hall–Kier alpha value is -1.51. The smallest absolute Gasteiger partial charge is 0.272 e. The van der Waals surface area contributed by atoms with Gasteiger partial charge < -0.3 is 9.55 Å². The summed E-state index contributed by atoms with van der Waals surface area (Å²) >= 11 is 0. The number of fused-ring (bicyclic) bond motifs is 1. The van der Waals surface area contributed by atoms with E-state index in [1.54, 1.807) is 0 Å². The molecule has 2 heterocycles.